The van der Waals surface area contributed by atoms with Crippen molar-refractivity contribution in [1.82, 2.24) is 4.72 Å². The lowest BCUT2D eigenvalue weighted by molar-refractivity contribution is -0.385. The number of nitrogens with one attached hydrogen (secondary N) is 1. The molecule has 0 heterocycles. The molecule has 0 fully saturated rings. The zero-order valence-electron chi connectivity index (χ0n) is 11.9. The van der Waals surface area contributed by atoms with Crippen LogP contribution in [0.4, 0.5) is 5.69 Å². The first-order chi connectivity index (χ1) is 9.96. The van der Waals surface area contributed by atoms with Crippen LogP contribution in [0.3, 0.4) is 0 Å². The Labute approximate surface area is 124 Å². The zero-order valence-corrected chi connectivity index (χ0v) is 12.8. The molecular weight excluding hydrogens is 296 g/mol. The van der Waals surface area contributed by atoms with E-state index >= 15 is 0 Å². The Bertz CT molecular complexity index is 559. The van der Waals surface area contributed by atoms with Crippen LogP contribution in [0.5, 0.6) is 0 Å². The van der Waals surface area contributed by atoms with Gasteiger partial charge in [-0.3, -0.25) is 10.1 Å². The first-order valence-corrected chi connectivity index (χ1v) is 8.39. The molecule has 0 unspecified atom stereocenters. The second-order valence-electron chi connectivity index (χ2n) is 4.51. The van der Waals surface area contributed by atoms with E-state index in [9.17, 15) is 18.5 Å². The predicted octanol–water partition coefficient (Wildman–Crippen LogP) is 1.83. The number of hydrogen-bond acceptors (Lipinski definition) is 5. The minimum atomic E-state index is -3.59. The maximum atomic E-state index is 11.9. The molecule has 1 aromatic rings. The average Bonchev–Trinajstić information content (AvgIpc) is 2.42. The molecule has 0 amide bonds. The van der Waals surface area contributed by atoms with Crippen molar-refractivity contribution in [2.45, 2.75) is 25.5 Å². The maximum absolute atomic E-state index is 11.9. The summed E-state index contributed by atoms with van der Waals surface area (Å²) in [5, 5.41) is 10.8. The molecule has 0 bridgehead atoms. The van der Waals surface area contributed by atoms with Gasteiger partial charge in [0.25, 0.3) is 5.69 Å². The molecule has 0 aliphatic heterocycles. The van der Waals surface area contributed by atoms with Gasteiger partial charge in [0.1, 0.15) is 0 Å². The summed E-state index contributed by atoms with van der Waals surface area (Å²) in [6.45, 7) is 3.40. The second kappa shape index (κ2) is 8.71. The molecule has 8 heteroatoms. The summed E-state index contributed by atoms with van der Waals surface area (Å²) in [5.41, 5.74) is -0.00797. The number of para-hydroxylation sites is 1. The summed E-state index contributed by atoms with van der Waals surface area (Å²) >= 11 is 0. The third kappa shape index (κ3) is 6.65. The van der Waals surface area contributed by atoms with Crippen molar-refractivity contribution < 1.29 is 18.1 Å². The number of nitro groups is 1. The largest absolute Gasteiger partial charge is 0.381 e. The van der Waals surface area contributed by atoms with Crippen LogP contribution in [-0.4, -0.2) is 33.1 Å². The lowest BCUT2D eigenvalue weighted by Crippen LogP contribution is -2.27. The number of rotatable bonds is 10. The van der Waals surface area contributed by atoms with Crippen molar-refractivity contribution >= 4 is 15.7 Å². The highest BCUT2D eigenvalue weighted by molar-refractivity contribution is 7.88. The normalized spacial score (nSPS) is 11.5. The fraction of sp³-hybridized carbons (Fsp3) is 0.538. The summed E-state index contributed by atoms with van der Waals surface area (Å²) in [7, 11) is -3.59. The Kier molecular flexibility index (Phi) is 7.27. The molecule has 0 radical (unpaired) electrons. The Morgan fingerprint density at radius 1 is 1.29 bits per heavy atom. The highest BCUT2D eigenvalue weighted by Crippen LogP contribution is 2.19. The number of hydrogen-bond donors (Lipinski definition) is 1. The Hall–Kier alpha value is -1.51. The molecule has 0 atom stereocenters. The molecule has 1 N–H and O–H groups in total. The monoisotopic (exact) mass is 316 g/mol. The number of benzene rings is 1. The van der Waals surface area contributed by atoms with E-state index in [1.807, 2.05) is 6.92 Å². The fourth-order valence-electron chi connectivity index (χ4n) is 1.72. The standard InChI is InChI=1S/C13H20N2O5S/c1-2-9-20-10-5-8-14-21(18,19)11-12-6-3-4-7-13(12)15(16)17/h3-4,6-7,14H,2,5,8-11H2,1H3. The van der Waals surface area contributed by atoms with Crippen molar-refractivity contribution in [2.24, 2.45) is 0 Å². The maximum Gasteiger partial charge on any atom is 0.273 e. The molecule has 0 saturated heterocycles. The van der Waals surface area contributed by atoms with E-state index in [2.05, 4.69) is 4.72 Å². The molecule has 7 nitrogen and oxygen atoms in total. The number of nitro benzene ring substituents is 1. The van der Waals surface area contributed by atoms with Crippen LogP contribution in [-0.2, 0) is 20.5 Å². The lowest BCUT2D eigenvalue weighted by Gasteiger charge is -2.07. The predicted molar refractivity (Wildman–Crippen MR) is 79.4 cm³/mol. The molecule has 118 valence electrons. The van der Waals surface area contributed by atoms with E-state index < -0.39 is 20.7 Å². The van der Waals surface area contributed by atoms with Crippen LogP contribution in [0.2, 0.25) is 0 Å². The lowest BCUT2D eigenvalue weighted by atomic mass is 10.2. The molecule has 0 aliphatic rings. The summed E-state index contributed by atoms with van der Waals surface area (Å²) in [5.74, 6) is -0.403. The quantitative estimate of drug-likeness (QED) is 0.403. The van der Waals surface area contributed by atoms with Gasteiger partial charge in [0, 0.05) is 31.4 Å². The minimum Gasteiger partial charge on any atom is -0.381 e. The highest BCUT2D eigenvalue weighted by Gasteiger charge is 2.19. The third-order valence-corrected chi connectivity index (χ3v) is 4.00. The SMILES string of the molecule is CCCOCCCNS(=O)(=O)Cc1ccccc1[N+](=O)[O-]. The van der Waals surface area contributed by atoms with Crippen LogP contribution in [0.15, 0.2) is 24.3 Å². The van der Waals surface area contributed by atoms with Crippen molar-refractivity contribution in [3.8, 4) is 0 Å². The molecule has 21 heavy (non-hydrogen) atoms. The van der Waals surface area contributed by atoms with Crippen molar-refractivity contribution in [3.05, 3.63) is 39.9 Å². The average molecular weight is 316 g/mol. The summed E-state index contributed by atoms with van der Waals surface area (Å²) in [6, 6.07) is 5.83. The molecule has 0 aliphatic carbocycles. The van der Waals surface area contributed by atoms with Crippen molar-refractivity contribution in [3.63, 3.8) is 0 Å². The Morgan fingerprint density at radius 3 is 2.67 bits per heavy atom. The molecule has 1 rings (SSSR count). The summed E-state index contributed by atoms with van der Waals surface area (Å²) in [6.07, 6.45) is 1.49. The van der Waals surface area contributed by atoms with Gasteiger partial charge in [-0.2, -0.15) is 0 Å². The Morgan fingerprint density at radius 2 is 2.00 bits per heavy atom. The number of sulfonamides is 1. The van der Waals surface area contributed by atoms with E-state index in [1.165, 1.54) is 18.2 Å². The van der Waals surface area contributed by atoms with Crippen LogP contribution in [0.25, 0.3) is 0 Å². The van der Waals surface area contributed by atoms with Crippen LogP contribution < -0.4 is 4.72 Å². The van der Waals surface area contributed by atoms with Crippen molar-refractivity contribution in [1.29, 1.82) is 0 Å². The van der Waals surface area contributed by atoms with Gasteiger partial charge in [-0.25, -0.2) is 13.1 Å². The number of nitrogens with zero attached hydrogens (tertiary/aromatic N) is 1. The summed E-state index contributed by atoms with van der Waals surface area (Å²) in [4.78, 5) is 10.3. The number of ether oxygens (including phenoxy) is 1. The van der Waals surface area contributed by atoms with Gasteiger partial charge in [0.05, 0.1) is 10.7 Å². The molecule has 1 aromatic carbocycles. The van der Waals surface area contributed by atoms with E-state index in [0.717, 1.165) is 6.42 Å². The minimum absolute atomic E-state index is 0.178. The van der Waals surface area contributed by atoms with E-state index in [-0.39, 0.29) is 17.8 Å². The third-order valence-electron chi connectivity index (χ3n) is 2.67. The van der Waals surface area contributed by atoms with Crippen LogP contribution in [0.1, 0.15) is 25.3 Å². The topological polar surface area (TPSA) is 98.5 Å². The molecular formula is C13H20N2O5S. The zero-order chi connectivity index (χ0) is 15.7. The second-order valence-corrected chi connectivity index (χ2v) is 6.31. The highest BCUT2D eigenvalue weighted by atomic mass is 32.2. The summed E-state index contributed by atoms with van der Waals surface area (Å²) < 4.78 is 31.4. The first kappa shape index (κ1) is 17.5. The van der Waals surface area contributed by atoms with E-state index in [4.69, 9.17) is 4.74 Å². The fourth-order valence-corrected chi connectivity index (χ4v) is 2.93. The smallest absolute Gasteiger partial charge is 0.273 e. The molecule has 0 aromatic heterocycles. The first-order valence-electron chi connectivity index (χ1n) is 6.73. The van der Waals surface area contributed by atoms with Crippen LogP contribution >= 0.6 is 0 Å². The van der Waals surface area contributed by atoms with E-state index in [0.29, 0.717) is 19.6 Å². The van der Waals surface area contributed by atoms with Gasteiger partial charge in [0.15, 0.2) is 0 Å². The Balaban J connectivity index is 2.51. The van der Waals surface area contributed by atoms with Gasteiger partial charge in [-0.05, 0) is 12.8 Å². The molecule has 0 spiro atoms. The van der Waals surface area contributed by atoms with Gasteiger partial charge >= 0.3 is 0 Å². The molecule has 0 saturated carbocycles. The van der Waals surface area contributed by atoms with E-state index in [1.54, 1.807) is 6.07 Å². The van der Waals surface area contributed by atoms with Crippen molar-refractivity contribution in [2.75, 3.05) is 19.8 Å². The van der Waals surface area contributed by atoms with Gasteiger partial charge in [-0.1, -0.05) is 25.1 Å². The van der Waals surface area contributed by atoms with Gasteiger partial charge in [0.2, 0.25) is 10.0 Å². The van der Waals surface area contributed by atoms with Gasteiger partial charge in [-0.15, -0.1) is 0 Å². The van der Waals surface area contributed by atoms with Gasteiger partial charge < -0.3 is 4.74 Å². The van der Waals surface area contributed by atoms with Crippen LogP contribution in [0, 0.1) is 10.1 Å².